The Morgan fingerprint density at radius 1 is 1.12 bits per heavy atom. The largest absolute Gasteiger partial charge is 0.444 e. The fourth-order valence-corrected chi connectivity index (χ4v) is 3.57. The molecule has 0 radical (unpaired) electrons. The smallest absolute Gasteiger partial charge is 0.410 e. The van der Waals surface area contributed by atoms with Crippen LogP contribution in [0, 0.1) is 6.92 Å². The summed E-state index contributed by atoms with van der Waals surface area (Å²) in [6, 6.07) is 2.15. The van der Waals surface area contributed by atoms with Gasteiger partial charge in [-0.25, -0.2) is 9.78 Å². The van der Waals surface area contributed by atoms with E-state index in [0.717, 1.165) is 18.9 Å². The third kappa shape index (κ3) is 6.10. The first-order valence-electron chi connectivity index (χ1n) is 8.83. The summed E-state index contributed by atoms with van der Waals surface area (Å²) in [4.78, 5) is 22.0. The summed E-state index contributed by atoms with van der Waals surface area (Å²) in [6.45, 7) is 17.3. The van der Waals surface area contributed by atoms with Gasteiger partial charge in [-0.1, -0.05) is 20.8 Å². The van der Waals surface area contributed by atoms with E-state index in [4.69, 9.17) is 4.74 Å². The molecule has 0 spiro atoms. The summed E-state index contributed by atoms with van der Waals surface area (Å²) in [7, 11) is 0. The molecule has 140 valence electrons. The monoisotopic (exact) mass is 365 g/mol. The number of carbonyl (C=O) groups excluding carboxylic acids is 1. The maximum absolute atomic E-state index is 12.2. The third-order valence-electron chi connectivity index (χ3n) is 3.72. The zero-order valence-electron chi connectivity index (χ0n) is 16.5. The molecule has 0 atom stereocenters. The first kappa shape index (κ1) is 19.9. The Kier molecular flexibility index (Phi) is 5.92. The SMILES string of the molecule is Cc1cc(N2CCN(C(=O)OC(C)(C)C)CC2)ncc1SC(C)(C)C. The molecule has 1 aliphatic rings. The molecule has 2 rings (SSSR count). The van der Waals surface area contributed by atoms with Crippen molar-refractivity contribution in [3.05, 3.63) is 17.8 Å². The van der Waals surface area contributed by atoms with Crippen LogP contribution in [0.3, 0.4) is 0 Å². The van der Waals surface area contributed by atoms with Crippen LogP contribution < -0.4 is 4.90 Å². The predicted octanol–water partition coefficient (Wildman–Crippen LogP) is 4.34. The van der Waals surface area contributed by atoms with Gasteiger partial charge in [-0.05, 0) is 39.3 Å². The van der Waals surface area contributed by atoms with E-state index < -0.39 is 5.60 Å². The van der Waals surface area contributed by atoms with Crippen LogP contribution in [0.5, 0.6) is 0 Å². The molecule has 1 saturated heterocycles. The molecule has 0 unspecified atom stereocenters. The fourth-order valence-electron chi connectivity index (χ4n) is 2.58. The van der Waals surface area contributed by atoms with Gasteiger partial charge in [0.1, 0.15) is 11.4 Å². The molecule has 0 saturated carbocycles. The first-order valence-corrected chi connectivity index (χ1v) is 9.65. The minimum absolute atomic E-state index is 0.174. The van der Waals surface area contributed by atoms with Crippen molar-refractivity contribution in [2.45, 2.75) is 63.7 Å². The summed E-state index contributed by atoms with van der Waals surface area (Å²) in [5.41, 5.74) is 0.799. The van der Waals surface area contributed by atoms with Crippen molar-refractivity contribution in [2.24, 2.45) is 0 Å². The quantitative estimate of drug-likeness (QED) is 0.730. The predicted molar refractivity (Wildman–Crippen MR) is 105 cm³/mol. The molecule has 0 aliphatic carbocycles. The normalized spacial score (nSPS) is 16.1. The van der Waals surface area contributed by atoms with Crippen LogP contribution in [0.1, 0.15) is 47.1 Å². The number of pyridine rings is 1. The second kappa shape index (κ2) is 7.44. The van der Waals surface area contributed by atoms with Crippen molar-refractivity contribution in [2.75, 3.05) is 31.1 Å². The van der Waals surface area contributed by atoms with Crippen molar-refractivity contribution in [1.29, 1.82) is 0 Å². The van der Waals surface area contributed by atoms with Gasteiger partial charge < -0.3 is 14.5 Å². The van der Waals surface area contributed by atoms with Crippen LogP contribution in [0.2, 0.25) is 0 Å². The minimum atomic E-state index is -0.451. The number of rotatable bonds is 2. The minimum Gasteiger partial charge on any atom is -0.444 e. The van der Waals surface area contributed by atoms with E-state index in [1.54, 1.807) is 4.90 Å². The van der Waals surface area contributed by atoms with Crippen LogP contribution in [0.15, 0.2) is 17.2 Å². The molecule has 0 aromatic carbocycles. The highest BCUT2D eigenvalue weighted by Gasteiger charge is 2.26. The number of nitrogens with zero attached hydrogens (tertiary/aromatic N) is 3. The summed E-state index contributed by atoms with van der Waals surface area (Å²) in [5, 5.41) is 0. The van der Waals surface area contributed by atoms with Crippen LogP contribution in [0.4, 0.5) is 10.6 Å². The second-order valence-corrected chi connectivity index (χ2v) is 10.3. The summed E-state index contributed by atoms with van der Waals surface area (Å²) < 4.78 is 5.62. The standard InChI is InChI=1S/C19H31N3O2S/c1-14-12-16(20-13-15(14)25-19(5,6)7)21-8-10-22(11-9-21)17(23)24-18(2,3)4/h12-13H,8-11H2,1-7H3. The maximum Gasteiger partial charge on any atom is 0.410 e. The lowest BCUT2D eigenvalue weighted by atomic mass is 10.2. The van der Waals surface area contributed by atoms with Crippen molar-refractivity contribution < 1.29 is 9.53 Å². The third-order valence-corrected chi connectivity index (χ3v) is 4.98. The number of piperazine rings is 1. The van der Waals surface area contributed by atoms with E-state index in [-0.39, 0.29) is 10.8 Å². The Morgan fingerprint density at radius 2 is 1.72 bits per heavy atom. The van der Waals surface area contributed by atoms with Gasteiger partial charge in [0.2, 0.25) is 0 Å². The molecule has 1 aliphatic heterocycles. The van der Waals surface area contributed by atoms with E-state index in [2.05, 4.69) is 43.6 Å². The van der Waals surface area contributed by atoms with Gasteiger partial charge in [0, 0.05) is 42.0 Å². The Bertz CT molecular complexity index is 612. The van der Waals surface area contributed by atoms with Crippen LogP contribution >= 0.6 is 11.8 Å². The van der Waals surface area contributed by atoms with Gasteiger partial charge in [-0.15, -0.1) is 11.8 Å². The number of ether oxygens (including phenoxy) is 1. The lowest BCUT2D eigenvalue weighted by molar-refractivity contribution is 0.0240. The average Bonchev–Trinajstić information content (AvgIpc) is 2.46. The Labute approximate surface area is 156 Å². The van der Waals surface area contributed by atoms with Gasteiger partial charge >= 0.3 is 6.09 Å². The van der Waals surface area contributed by atoms with E-state index >= 15 is 0 Å². The van der Waals surface area contributed by atoms with Gasteiger partial charge in [0.15, 0.2) is 0 Å². The lowest BCUT2D eigenvalue weighted by Crippen LogP contribution is -2.50. The van der Waals surface area contributed by atoms with Gasteiger partial charge in [-0.2, -0.15) is 0 Å². The second-order valence-electron chi connectivity index (χ2n) is 8.48. The number of hydrogen-bond acceptors (Lipinski definition) is 5. The molecular formula is C19H31N3O2S. The molecule has 1 fully saturated rings. The first-order chi connectivity index (χ1) is 11.4. The molecule has 1 aromatic heterocycles. The Balaban J connectivity index is 1.97. The highest BCUT2D eigenvalue weighted by atomic mass is 32.2. The van der Waals surface area contributed by atoms with Gasteiger partial charge in [-0.3, -0.25) is 0 Å². The highest BCUT2D eigenvalue weighted by molar-refractivity contribution is 8.00. The highest BCUT2D eigenvalue weighted by Crippen LogP contribution is 2.34. The number of aryl methyl sites for hydroxylation is 1. The molecule has 6 heteroatoms. The molecule has 5 nitrogen and oxygen atoms in total. The van der Waals surface area contributed by atoms with Crippen molar-refractivity contribution in [1.82, 2.24) is 9.88 Å². The van der Waals surface area contributed by atoms with Crippen LogP contribution in [0.25, 0.3) is 0 Å². The van der Waals surface area contributed by atoms with E-state index in [9.17, 15) is 4.79 Å². The Hall–Kier alpha value is -1.43. The summed E-state index contributed by atoms with van der Waals surface area (Å²) in [6.07, 6.45) is 1.74. The van der Waals surface area contributed by atoms with Crippen molar-refractivity contribution in [3.63, 3.8) is 0 Å². The van der Waals surface area contributed by atoms with Gasteiger partial charge in [0.25, 0.3) is 0 Å². The number of thioether (sulfide) groups is 1. The molecule has 1 aromatic rings. The molecule has 1 amide bonds. The number of carbonyl (C=O) groups is 1. The molecule has 25 heavy (non-hydrogen) atoms. The maximum atomic E-state index is 12.2. The Morgan fingerprint density at radius 3 is 2.20 bits per heavy atom. The number of hydrogen-bond donors (Lipinski definition) is 0. The zero-order chi connectivity index (χ0) is 18.8. The number of anilines is 1. The molecule has 0 bridgehead atoms. The zero-order valence-corrected chi connectivity index (χ0v) is 17.4. The van der Waals surface area contributed by atoms with Crippen LogP contribution in [-0.4, -0.2) is 52.5 Å². The van der Waals surface area contributed by atoms with E-state index in [0.29, 0.717) is 13.1 Å². The molecule has 0 N–H and O–H groups in total. The number of amides is 1. The van der Waals surface area contributed by atoms with E-state index in [1.807, 2.05) is 38.7 Å². The van der Waals surface area contributed by atoms with E-state index in [1.165, 1.54) is 10.5 Å². The number of aromatic nitrogens is 1. The topological polar surface area (TPSA) is 45.7 Å². The van der Waals surface area contributed by atoms with Crippen molar-refractivity contribution >= 4 is 23.7 Å². The fraction of sp³-hybridized carbons (Fsp3) is 0.684. The summed E-state index contributed by atoms with van der Waals surface area (Å²) in [5.74, 6) is 0.986. The van der Waals surface area contributed by atoms with Gasteiger partial charge in [0.05, 0.1) is 0 Å². The van der Waals surface area contributed by atoms with Crippen LogP contribution in [-0.2, 0) is 4.74 Å². The van der Waals surface area contributed by atoms with Crippen molar-refractivity contribution in [3.8, 4) is 0 Å². The summed E-state index contributed by atoms with van der Waals surface area (Å²) >= 11 is 1.84. The average molecular weight is 366 g/mol. The molecular weight excluding hydrogens is 334 g/mol. The lowest BCUT2D eigenvalue weighted by Gasteiger charge is -2.36. The molecule has 2 heterocycles.